The van der Waals surface area contributed by atoms with Crippen LogP contribution in [0.25, 0.3) is 0 Å². The molecule has 0 spiro atoms. The molecule has 0 atom stereocenters. The Morgan fingerprint density at radius 2 is 1.18 bits per heavy atom. The summed E-state index contributed by atoms with van der Waals surface area (Å²) >= 11 is 0. The average Bonchev–Trinajstić information content (AvgIpc) is 2.30. The van der Waals surface area contributed by atoms with Gasteiger partial charge in [0.05, 0.1) is 13.2 Å². The SMILES string of the molecule is COCCCOC(=O)CC(=O)OCCCOC. The molecule has 0 N–H and O–H groups in total. The van der Waals surface area contributed by atoms with E-state index in [1.165, 1.54) is 0 Å². The maximum atomic E-state index is 11.1. The highest BCUT2D eigenvalue weighted by Gasteiger charge is 2.11. The predicted octanol–water partition coefficient (Wildman–Crippen LogP) is 0.536. The molecule has 0 aliphatic carbocycles. The van der Waals surface area contributed by atoms with Crippen molar-refractivity contribution in [1.82, 2.24) is 0 Å². The van der Waals surface area contributed by atoms with Gasteiger partial charge in [-0.2, -0.15) is 0 Å². The zero-order chi connectivity index (χ0) is 12.9. The van der Waals surface area contributed by atoms with Crippen LogP contribution in [0.2, 0.25) is 0 Å². The van der Waals surface area contributed by atoms with Crippen molar-refractivity contribution in [2.24, 2.45) is 0 Å². The molecule has 0 aliphatic rings. The third kappa shape index (κ3) is 11.1. The van der Waals surface area contributed by atoms with E-state index in [1.54, 1.807) is 14.2 Å². The van der Waals surface area contributed by atoms with Crippen molar-refractivity contribution in [1.29, 1.82) is 0 Å². The largest absolute Gasteiger partial charge is 0.465 e. The van der Waals surface area contributed by atoms with Crippen LogP contribution in [-0.4, -0.2) is 52.6 Å². The third-order valence-corrected chi connectivity index (χ3v) is 1.80. The van der Waals surface area contributed by atoms with Crippen molar-refractivity contribution < 1.29 is 28.5 Å². The fourth-order valence-corrected chi connectivity index (χ4v) is 0.998. The number of carbonyl (C=O) groups excluding carboxylic acids is 2. The molecule has 0 rings (SSSR count). The number of carbonyl (C=O) groups is 2. The Bertz CT molecular complexity index is 194. The van der Waals surface area contributed by atoms with Gasteiger partial charge < -0.3 is 18.9 Å². The van der Waals surface area contributed by atoms with Crippen LogP contribution in [0.1, 0.15) is 19.3 Å². The lowest BCUT2D eigenvalue weighted by Gasteiger charge is -2.05. The van der Waals surface area contributed by atoms with E-state index < -0.39 is 11.9 Å². The molecular formula is C11H20O6. The van der Waals surface area contributed by atoms with Gasteiger partial charge in [0.15, 0.2) is 0 Å². The van der Waals surface area contributed by atoms with Crippen LogP contribution < -0.4 is 0 Å². The number of hydrogen-bond acceptors (Lipinski definition) is 6. The molecular weight excluding hydrogens is 228 g/mol. The van der Waals surface area contributed by atoms with Gasteiger partial charge in [0.1, 0.15) is 6.42 Å². The second-order valence-corrected chi connectivity index (χ2v) is 3.31. The van der Waals surface area contributed by atoms with E-state index >= 15 is 0 Å². The van der Waals surface area contributed by atoms with Gasteiger partial charge in [-0.15, -0.1) is 0 Å². The fourth-order valence-electron chi connectivity index (χ4n) is 0.998. The minimum Gasteiger partial charge on any atom is -0.465 e. The summed E-state index contributed by atoms with van der Waals surface area (Å²) in [6.07, 6.45) is 0.885. The molecule has 0 bridgehead atoms. The lowest BCUT2D eigenvalue weighted by Crippen LogP contribution is -2.15. The molecule has 0 aromatic rings. The Morgan fingerprint density at radius 1 is 0.765 bits per heavy atom. The summed E-state index contributed by atoms with van der Waals surface area (Å²) < 4.78 is 19.2. The molecule has 0 heterocycles. The summed E-state index contributed by atoms with van der Waals surface area (Å²) in [7, 11) is 3.14. The van der Waals surface area contributed by atoms with Crippen molar-refractivity contribution in [2.45, 2.75) is 19.3 Å². The maximum Gasteiger partial charge on any atom is 0.317 e. The maximum absolute atomic E-state index is 11.1. The first kappa shape index (κ1) is 15.9. The van der Waals surface area contributed by atoms with Crippen molar-refractivity contribution in [3.05, 3.63) is 0 Å². The number of hydrogen-bond donors (Lipinski definition) is 0. The first-order valence-electron chi connectivity index (χ1n) is 5.49. The second-order valence-electron chi connectivity index (χ2n) is 3.31. The number of ether oxygens (including phenoxy) is 4. The average molecular weight is 248 g/mol. The minimum absolute atomic E-state index is 0.254. The highest BCUT2D eigenvalue weighted by molar-refractivity contribution is 5.91. The summed E-state index contributed by atoms with van der Waals surface area (Å²) in [5, 5.41) is 0. The molecule has 0 radical (unpaired) electrons. The van der Waals surface area contributed by atoms with Gasteiger partial charge in [-0.3, -0.25) is 9.59 Å². The van der Waals surface area contributed by atoms with E-state index in [9.17, 15) is 9.59 Å². The molecule has 0 saturated heterocycles. The van der Waals surface area contributed by atoms with Crippen LogP contribution >= 0.6 is 0 Å². The van der Waals surface area contributed by atoms with Crippen LogP contribution in [0.5, 0.6) is 0 Å². The molecule has 0 aromatic heterocycles. The highest BCUT2D eigenvalue weighted by atomic mass is 16.6. The lowest BCUT2D eigenvalue weighted by molar-refractivity contribution is -0.154. The van der Waals surface area contributed by atoms with E-state index in [0.29, 0.717) is 26.1 Å². The predicted molar refractivity (Wildman–Crippen MR) is 59.5 cm³/mol. The Labute approximate surface area is 101 Å². The number of rotatable bonds is 10. The van der Waals surface area contributed by atoms with Gasteiger partial charge in [0.2, 0.25) is 0 Å². The molecule has 17 heavy (non-hydrogen) atoms. The monoisotopic (exact) mass is 248 g/mol. The van der Waals surface area contributed by atoms with E-state index in [4.69, 9.17) is 18.9 Å². The van der Waals surface area contributed by atoms with Crippen molar-refractivity contribution in [3.63, 3.8) is 0 Å². The van der Waals surface area contributed by atoms with Gasteiger partial charge in [-0.05, 0) is 0 Å². The minimum atomic E-state index is -0.571. The van der Waals surface area contributed by atoms with Gasteiger partial charge in [0.25, 0.3) is 0 Å². The summed E-state index contributed by atoms with van der Waals surface area (Å²) in [5.41, 5.74) is 0. The van der Waals surface area contributed by atoms with E-state index in [2.05, 4.69) is 0 Å². The molecule has 0 fully saturated rings. The van der Waals surface area contributed by atoms with Crippen LogP contribution in [0, 0.1) is 0 Å². The highest BCUT2D eigenvalue weighted by Crippen LogP contribution is 1.94. The van der Waals surface area contributed by atoms with Gasteiger partial charge >= 0.3 is 11.9 Å². The van der Waals surface area contributed by atoms with Crippen LogP contribution in [0.3, 0.4) is 0 Å². The molecule has 6 heteroatoms. The molecule has 0 aromatic carbocycles. The number of esters is 2. The zero-order valence-corrected chi connectivity index (χ0v) is 10.4. The number of methoxy groups -OCH3 is 2. The Kier molecular flexibility index (Phi) is 10.6. The molecule has 100 valence electrons. The van der Waals surface area contributed by atoms with Crippen LogP contribution in [-0.2, 0) is 28.5 Å². The summed E-state index contributed by atoms with van der Waals surface area (Å²) in [4.78, 5) is 22.2. The first-order chi connectivity index (χ1) is 8.20. The summed E-state index contributed by atoms with van der Waals surface area (Å²) in [6, 6.07) is 0. The Hall–Kier alpha value is -1.14. The Morgan fingerprint density at radius 3 is 1.53 bits per heavy atom. The standard InChI is InChI=1S/C11H20O6/c1-14-5-3-7-16-10(12)9-11(13)17-8-4-6-15-2/h3-9H2,1-2H3. The normalized spacial score (nSPS) is 10.0. The topological polar surface area (TPSA) is 71.1 Å². The van der Waals surface area contributed by atoms with Gasteiger partial charge in [-0.25, -0.2) is 0 Å². The molecule has 0 aliphatic heterocycles. The summed E-state index contributed by atoms with van der Waals surface area (Å²) in [6.45, 7) is 1.55. The van der Waals surface area contributed by atoms with Crippen LogP contribution in [0.15, 0.2) is 0 Å². The van der Waals surface area contributed by atoms with Crippen molar-refractivity contribution in [3.8, 4) is 0 Å². The van der Waals surface area contributed by atoms with Gasteiger partial charge in [-0.1, -0.05) is 0 Å². The molecule has 0 amide bonds. The zero-order valence-electron chi connectivity index (χ0n) is 10.4. The van der Waals surface area contributed by atoms with Crippen molar-refractivity contribution in [2.75, 3.05) is 40.6 Å². The molecule has 0 saturated carbocycles. The van der Waals surface area contributed by atoms with E-state index in [1.807, 2.05) is 0 Å². The molecule has 0 unspecified atom stereocenters. The first-order valence-corrected chi connectivity index (χ1v) is 5.49. The summed E-state index contributed by atoms with van der Waals surface area (Å²) in [5.74, 6) is -1.14. The quantitative estimate of drug-likeness (QED) is 0.319. The molecule has 6 nitrogen and oxygen atoms in total. The van der Waals surface area contributed by atoms with Gasteiger partial charge in [0, 0.05) is 40.3 Å². The van der Waals surface area contributed by atoms with E-state index in [-0.39, 0.29) is 19.6 Å². The Balaban J connectivity index is 3.42. The van der Waals surface area contributed by atoms with E-state index in [0.717, 1.165) is 0 Å². The van der Waals surface area contributed by atoms with Crippen molar-refractivity contribution >= 4 is 11.9 Å². The van der Waals surface area contributed by atoms with Crippen LogP contribution in [0.4, 0.5) is 0 Å². The second kappa shape index (κ2) is 11.3. The smallest absolute Gasteiger partial charge is 0.317 e. The third-order valence-electron chi connectivity index (χ3n) is 1.80. The fraction of sp³-hybridized carbons (Fsp3) is 0.818. The lowest BCUT2D eigenvalue weighted by atomic mass is 10.4.